The summed E-state index contributed by atoms with van der Waals surface area (Å²) in [4.78, 5) is 0. The molecule has 0 aromatic carbocycles. The Morgan fingerprint density at radius 1 is 1.27 bits per heavy atom. The fraction of sp³-hybridized carbons (Fsp3) is 0.727. The van der Waals surface area contributed by atoms with Crippen molar-refractivity contribution in [3.8, 4) is 0 Å². The minimum Gasteiger partial charge on any atom is -0.361 e. The van der Waals surface area contributed by atoms with Gasteiger partial charge in [-0.15, -0.1) is 0 Å². The Bertz CT molecular complexity index is 377. The van der Waals surface area contributed by atoms with E-state index in [2.05, 4.69) is 19.0 Å². The minimum atomic E-state index is -0.429. The Labute approximate surface area is 88.5 Å². The van der Waals surface area contributed by atoms with Gasteiger partial charge in [0.2, 0.25) is 0 Å². The Morgan fingerprint density at radius 2 is 2.00 bits per heavy atom. The molecule has 1 aliphatic heterocycles. The van der Waals surface area contributed by atoms with Crippen LogP contribution in [0.15, 0.2) is 10.7 Å². The summed E-state index contributed by atoms with van der Waals surface area (Å²) < 4.78 is 16.8. The molecule has 15 heavy (non-hydrogen) atoms. The summed E-state index contributed by atoms with van der Waals surface area (Å²) in [5, 5.41) is 3.87. The average Bonchev–Trinajstić information content (AvgIpc) is 2.74. The van der Waals surface area contributed by atoms with E-state index < -0.39 is 5.79 Å². The van der Waals surface area contributed by atoms with Gasteiger partial charge in [-0.1, -0.05) is 19.0 Å². The van der Waals surface area contributed by atoms with Crippen molar-refractivity contribution in [2.75, 3.05) is 13.2 Å². The summed E-state index contributed by atoms with van der Waals surface area (Å²) in [6, 6.07) is 0. The zero-order valence-corrected chi connectivity index (χ0v) is 9.08. The topological polar surface area (TPSA) is 44.5 Å². The molecule has 1 fully saturated rings. The lowest BCUT2D eigenvalue weighted by Crippen LogP contribution is -2.43. The molecular formula is C11H15NO3. The summed E-state index contributed by atoms with van der Waals surface area (Å²) in [5.41, 5.74) is 1.06. The van der Waals surface area contributed by atoms with Crippen LogP contribution in [-0.2, 0) is 21.3 Å². The maximum Gasteiger partial charge on any atom is 0.173 e. The van der Waals surface area contributed by atoms with Crippen molar-refractivity contribution in [3.05, 3.63) is 17.5 Å². The molecule has 2 heterocycles. The lowest BCUT2D eigenvalue weighted by Gasteiger charge is -2.38. The van der Waals surface area contributed by atoms with Gasteiger partial charge in [0, 0.05) is 23.8 Å². The van der Waals surface area contributed by atoms with Crippen LogP contribution in [-0.4, -0.2) is 24.2 Å². The number of rotatable bonds is 0. The Kier molecular flexibility index (Phi) is 1.77. The molecule has 4 nitrogen and oxygen atoms in total. The maximum absolute atomic E-state index is 5.75. The van der Waals surface area contributed by atoms with Crippen molar-refractivity contribution in [1.29, 1.82) is 0 Å². The molecule has 2 aliphatic rings. The molecule has 0 saturated carbocycles. The monoisotopic (exact) mass is 209 g/mol. The zero-order chi connectivity index (χ0) is 10.5. The quantitative estimate of drug-likeness (QED) is 0.651. The van der Waals surface area contributed by atoms with Gasteiger partial charge in [0.15, 0.2) is 5.79 Å². The third-order valence-corrected chi connectivity index (χ3v) is 3.24. The molecule has 0 N–H and O–H groups in total. The smallest absolute Gasteiger partial charge is 0.173 e. The van der Waals surface area contributed by atoms with Gasteiger partial charge >= 0.3 is 0 Å². The molecule has 0 bridgehead atoms. The van der Waals surface area contributed by atoms with E-state index in [1.54, 1.807) is 6.20 Å². The van der Waals surface area contributed by atoms with Crippen molar-refractivity contribution in [3.63, 3.8) is 0 Å². The lowest BCUT2D eigenvalue weighted by atomic mass is 9.74. The van der Waals surface area contributed by atoms with Crippen LogP contribution in [0.1, 0.15) is 31.6 Å². The van der Waals surface area contributed by atoms with Crippen molar-refractivity contribution in [1.82, 2.24) is 5.16 Å². The van der Waals surface area contributed by atoms with Crippen LogP contribution >= 0.6 is 0 Å². The first-order valence-corrected chi connectivity index (χ1v) is 5.33. The first-order chi connectivity index (χ1) is 7.11. The van der Waals surface area contributed by atoms with Gasteiger partial charge < -0.3 is 14.0 Å². The zero-order valence-electron chi connectivity index (χ0n) is 9.08. The van der Waals surface area contributed by atoms with E-state index in [-0.39, 0.29) is 5.41 Å². The van der Waals surface area contributed by atoms with Crippen molar-refractivity contribution < 1.29 is 14.0 Å². The largest absolute Gasteiger partial charge is 0.361 e. The van der Waals surface area contributed by atoms with Gasteiger partial charge in [-0.25, -0.2) is 0 Å². The molecule has 1 saturated heterocycles. The van der Waals surface area contributed by atoms with Crippen LogP contribution < -0.4 is 0 Å². The van der Waals surface area contributed by atoms with E-state index in [9.17, 15) is 0 Å². The van der Waals surface area contributed by atoms with Crippen LogP contribution in [0.25, 0.3) is 0 Å². The Hall–Kier alpha value is -0.870. The van der Waals surface area contributed by atoms with Crippen molar-refractivity contribution >= 4 is 0 Å². The molecule has 0 amide bonds. The lowest BCUT2D eigenvalue weighted by molar-refractivity contribution is -0.176. The second-order valence-electron chi connectivity index (χ2n) is 5.03. The highest BCUT2D eigenvalue weighted by Crippen LogP contribution is 2.44. The van der Waals surface area contributed by atoms with Gasteiger partial charge in [0.05, 0.1) is 19.4 Å². The number of hydrogen-bond acceptors (Lipinski definition) is 4. The summed E-state index contributed by atoms with van der Waals surface area (Å²) in [5.74, 6) is 0.550. The minimum absolute atomic E-state index is 0.0611. The van der Waals surface area contributed by atoms with E-state index in [4.69, 9.17) is 14.0 Å². The number of ether oxygens (including phenoxy) is 2. The van der Waals surface area contributed by atoms with E-state index in [0.717, 1.165) is 24.2 Å². The average molecular weight is 209 g/mol. The van der Waals surface area contributed by atoms with E-state index in [1.807, 2.05) is 0 Å². The summed E-state index contributed by atoms with van der Waals surface area (Å²) in [6.45, 7) is 5.67. The number of hydrogen-bond donors (Lipinski definition) is 0. The Morgan fingerprint density at radius 3 is 2.73 bits per heavy atom. The van der Waals surface area contributed by atoms with Gasteiger partial charge in [0.1, 0.15) is 5.76 Å². The number of nitrogens with zero attached hydrogens (tertiary/aromatic N) is 1. The van der Waals surface area contributed by atoms with Crippen LogP contribution in [0.3, 0.4) is 0 Å². The molecule has 82 valence electrons. The van der Waals surface area contributed by atoms with Crippen LogP contribution in [0.4, 0.5) is 0 Å². The summed E-state index contributed by atoms with van der Waals surface area (Å²) in [7, 11) is 0. The highest BCUT2D eigenvalue weighted by molar-refractivity contribution is 5.27. The molecule has 1 aliphatic carbocycles. The predicted molar refractivity (Wildman–Crippen MR) is 52.5 cm³/mol. The van der Waals surface area contributed by atoms with E-state index in [0.29, 0.717) is 13.2 Å². The first kappa shape index (κ1) is 9.36. The normalized spacial score (nSPS) is 26.8. The van der Waals surface area contributed by atoms with Gasteiger partial charge in [-0.3, -0.25) is 0 Å². The third kappa shape index (κ3) is 1.32. The van der Waals surface area contributed by atoms with Crippen LogP contribution in [0, 0.1) is 0 Å². The first-order valence-electron chi connectivity index (χ1n) is 5.33. The second kappa shape index (κ2) is 2.83. The molecule has 0 unspecified atom stereocenters. The predicted octanol–water partition coefficient (Wildman–Crippen LogP) is 1.64. The van der Waals surface area contributed by atoms with Crippen molar-refractivity contribution in [2.45, 2.75) is 37.9 Å². The molecule has 1 aromatic heterocycles. The molecule has 0 atom stereocenters. The van der Waals surface area contributed by atoms with E-state index >= 15 is 0 Å². The van der Waals surface area contributed by atoms with Crippen molar-refractivity contribution in [2.24, 2.45) is 0 Å². The molecule has 1 spiro atoms. The third-order valence-electron chi connectivity index (χ3n) is 3.24. The standard InChI is InChI=1S/C11H15NO3/c1-10(2)7-11(13-3-4-14-11)5-8-6-12-15-9(8)10/h6H,3-5,7H2,1-2H3. The second-order valence-corrected chi connectivity index (χ2v) is 5.03. The SMILES string of the molecule is CC1(C)CC2(Cc3cnoc31)OCCO2. The molecule has 1 aromatic rings. The molecule has 4 heteroatoms. The molecule has 3 rings (SSSR count). The highest BCUT2D eigenvalue weighted by atomic mass is 16.7. The van der Waals surface area contributed by atoms with Gasteiger partial charge in [-0.05, 0) is 0 Å². The number of aromatic nitrogens is 1. The number of fused-ring (bicyclic) bond motifs is 1. The van der Waals surface area contributed by atoms with Gasteiger partial charge in [0.25, 0.3) is 0 Å². The molecule has 0 radical (unpaired) electrons. The maximum atomic E-state index is 5.75. The van der Waals surface area contributed by atoms with Crippen LogP contribution in [0.5, 0.6) is 0 Å². The fourth-order valence-electron chi connectivity index (χ4n) is 2.75. The highest BCUT2D eigenvalue weighted by Gasteiger charge is 2.49. The van der Waals surface area contributed by atoms with E-state index in [1.165, 1.54) is 0 Å². The Balaban J connectivity index is 2.03. The fourth-order valence-corrected chi connectivity index (χ4v) is 2.75. The summed E-state index contributed by atoms with van der Waals surface area (Å²) in [6.07, 6.45) is 3.38. The summed E-state index contributed by atoms with van der Waals surface area (Å²) >= 11 is 0. The van der Waals surface area contributed by atoms with Gasteiger partial charge in [-0.2, -0.15) is 0 Å². The van der Waals surface area contributed by atoms with Crippen LogP contribution in [0.2, 0.25) is 0 Å². The molecular weight excluding hydrogens is 194 g/mol.